The topological polar surface area (TPSA) is 58.6 Å². The van der Waals surface area contributed by atoms with Crippen molar-refractivity contribution < 1.29 is 14.3 Å². The molecule has 166 valence electrons. The normalized spacial score (nSPS) is 16.1. The Bertz CT molecular complexity index is 898. The van der Waals surface area contributed by atoms with Crippen LogP contribution in [-0.4, -0.2) is 36.9 Å². The van der Waals surface area contributed by atoms with Crippen molar-refractivity contribution in [2.24, 2.45) is 5.92 Å². The van der Waals surface area contributed by atoms with Gasteiger partial charge >= 0.3 is 0 Å². The molecule has 2 aromatic rings. The third-order valence-electron chi connectivity index (χ3n) is 5.84. The molecule has 6 heteroatoms. The van der Waals surface area contributed by atoms with Crippen molar-refractivity contribution in [1.29, 1.82) is 0 Å². The highest BCUT2D eigenvalue weighted by molar-refractivity contribution is 6.31. The van der Waals surface area contributed by atoms with Gasteiger partial charge in [-0.05, 0) is 62.3 Å². The number of methoxy groups -OCH3 is 1. The van der Waals surface area contributed by atoms with Crippen molar-refractivity contribution in [2.45, 2.75) is 45.4 Å². The second-order valence-corrected chi connectivity index (χ2v) is 8.70. The summed E-state index contributed by atoms with van der Waals surface area (Å²) < 4.78 is 5.28. The molecule has 2 amide bonds. The van der Waals surface area contributed by atoms with Gasteiger partial charge in [0.25, 0.3) is 0 Å². The molecule has 1 aliphatic heterocycles. The molecular formula is C25H31ClN2O3. The summed E-state index contributed by atoms with van der Waals surface area (Å²) in [6.07, 6.45) is 4.51. The maximum absolute atomic E-state index is 12.7. The number of aryl methyl sites for hydroxylation is 2. The van der Waals surface area contributed by atoms with Crippen molar-refractivity contribution in [3.63, 3.8) is 0 Å². The molecule has 0 spiro atoms. The lowest BCUT2D eigenvalue weighted by Crippen LogP contribution is -2.40. The quantitative estimate of drug-likeness (QED) is 0.607. The van der Waals surface area contributed by atoms with Gasteiger partial charge in [-0.2, -0.15) is 0 Å². The summed E-state index contributed by atoms with van der Waals surface area (Å²) in [5.74, 6) is 1.08. The van der Waals surface area contributed by atoms with E-state index in [1.54, 1.807) is 25.3 Å². The molecule has 1 aliphatic rings. The average Bonchev–Trinajstić information content (AvgIpc) is 2.77. The van der Waals surface area contributed by atoms with Crippen LogP contribution in [0.1, 0.15) is 43.2 Å². The highest BCUT2D eigenvalue weighted by Gasteiger charge is 2.24. The number of nitrogens with one attached hydrogen (secondary N) is 1. The Hall–Kier alpha value is -2.53. The molecule has 1 N–H and O–H groups in total. The Labute approximate surface area is 189 Å². The molecule has 1 atom stereocenters. The van der Waals surface area contributed by atoms with Gasteiger partial charge in [-0.3, -0.25) is 9.59 Å². The summed E-state index contributed by atoms with van der Waals surface area (Å²) >= 11 is 6.03. The van der Waals surface area contributed by atoms with Crippen LogP contribution in [0, 0.1) is 12.8 Å². The van der Waals surface area contributed by atoms with Gasteiger partial charge in [0.1, 0.15) is 5.75 Å². The number of hydrogen-bond donors (Lipinski definition) is 1. The molecule has 1 fully saturated rings. The first-order valence-corrected chi connectivity index (χ1v) is 11.3. The van der Waals surface area contributed by atoms with Gasteiger partial charge in [-0.25, -0.2) is 0 Å². The van der Waals surface area contributed by atoms with Gasteiger partial charge in [0.05, 0.1) is 12.8 Å². The minimum absolute atomic E-state index is 0.0663. The molecule has 0 radical (unpaired) electrons. The summed E-state index contributed by atoms with van der Waals surface area (Å²) in [7, 11) is 1.56. The smallest absolute Gasteiger partial charge is 0.224 e. The number of piperidine rings is 1. The van der Waals surface area contributed by atoms with E-state index in [0.29, 0.717) is 35.2 Å². The zero-order chi connectivity index (χ0) is 22.2. The lowest BCUT2D eigenvalue weighted by Gasteiger charge is -2.33. The molecule has 0 bridgehead atoms. The molecule has 31 heavy (non-hydrogen) atoms. The number of ether oxygens (including phenoxy) is 1. The number of amides is 2. The molecule has 0 aliphatic carbocycles. The predicted molar refractivity (Wildman–Crippen MR) is 125 cm³/mol. The number of hydrogen-bond acceptors (Lipinski definition) is 3. The SMILES string of the molecule is COc1ccc(Cl)cc1NC(=O)CCC1CCCN(C(=O)CCc2ccc(C)cc2)C1. The second-order valence-electron chi connectivity index (χ2n) is 8.27. The number of nitrogens with zero attached hydrogens (tertiary/aromatic N) is 1. The monoisotopic (exact) mass is 442 g/mol. The van der Waals surface area contributed by atoms with Crippen molar-refractivity contribution in [3.05, 3.63) is 58.6 Å². The van der Waals surface area contributed by atoms with E-state index in [2.05, 4.69) is 36.5 Å². The fourth-order valence-corrected chi connectivity index (χ4v) is 4.19. The van der Waals surface area contributed by atoms with Crippen molar-refractivity contribution in [1.82, 2.24) is 4.90 Å². The summed E-state index contributed by atoms with van der Waals surface area (Å²) in [6, 6.07) is 13.5. The highest BCUT2D eigenvalue weighted by atomic mass is 35.5. The Morgan fingerprint density at radius 1 is 1.16 bits per heavy atom. The van der Waals surface area contributed by atoms with Crippen LogP contribution >= 0.6 is 11.6 Å². The maximum Gasteiger partial charge on any atom is 0.224 e. The number of rotatable bonds is 8. The first-order valence-electron chi connectivity index (χ1n) is 10.9. The second kappa shape index (κ2) is 11.2. The van der Waals surface area contributed by atoms with Crippen LogP contribution in [0.3, 0.4) is 0 Å². The molecule has 0 saturated carbocycles. The van der Waals surface area contributed by atoms with Gasteiger partial charge in [-0.1, -0.05) is 41.4 Å². The minimum atomic E-state index is -0.0663. The van der Waals surface area contributed by atoms with Crippen molar-refractivity contribution in [2.75, 3.05) is 25.5 Å². The maximum atomic E-state index is 12.7. The summed E-state index contributed by atoms with van der Waals surface area (Å²) in [6.45, 7) is 3.62. The van der Waals surface area contributed by atoms with Gasteiger partial charge in [0.2, 0.25) is 11.8 Å². The van der Waals surface area contributed by atoms with E-state index in [9.17, 15) is 9.59 Å². The van der Waals surface area contributed by atoms with Crippen LogP contribution in [0.15, 0.2) is 42.5 Å². The Morgan fingerprint density at radius 2 is 1.94 bits per heavy atom. The van der Waals surface area contributed by atoms with Crippen LogP contribution in [0.5, 0.6) is 5.75 Å². The zero-order valence-corrected chi connectivity index (χ0v) is 19.1. The van der Waals surface area contributed by atoms with Crippen LogP contribution in [0.25, 0.3) is 0 Å². The molecule has 1 heterocycles. The van der Waals surface area contributed by atoms with E-state index in [-0.39, 0.29) is 11.8 Å². The Balaban J connectivity index is 1.45. The number of likely N-dealkylation sites (tertiary alicyclic amines) is 1. The van der Waals surface area contributed by atoms with Crippen molar-refractivity contribution >= 4 is 29.1 Å². The number of carbonyl (C=O) groups excluding carboxylic acids is 2. The van der Waals surface area contributed by atoms with Gasteiger partial charge < -0.3 is 15.0 Å². The first kappa shape index (κ1) is 23.1. The van der Waals surface area contributed by atoms with Gasteiger partial charge in [-0.15, -0.1) is 0 Å². The third-order valence-corrected chi connectivity index (χ3v) is 6.07. The van der Waals surface area contributed by atoms with Crippen LogP contribution in [0.4, 0.5) is 5.69 Å². The van der Waals surface area contributed by atoms with E-state index in [1.165, 1.54) is 11.1 Å². The molecule has 5 nitrogen and oxygen atoms in total. The minimum Gasteiger partial charge on any atom is -0.495 e. The van der Waals surface area contributed by atoms with Crippen LogP contribution in [-0.2, 0) is 16.0 Å². The number of halogens is 1. The zero-order valence-electron chi connectivity index (χ0n) is 18.3. The molecule has 0 aromatic heterocycles. The number of benzene rings is 2. The Morgan fingerprint density at radius 3 is 2.68 bits per heavy atom. The molecule has 1 saturated heterocycles. The molecule has 1 unspecified atom stereocenters. The summed E-state index contributed by atoms with van der Waals surface area (Å²) in [4.78, 5) is 27.1. The van der Waals surface area contributed by atoms with E-state index >= 15 is 0 Å². The lowest BCUT2D eigenvalue weighted by atomic mass is 9.93. The molecular weight excluding hydrogens is 412 g/mol. The first-order chi connectivity index (χ1) is 14.9. The predicted octanol–water partition coefficient (Wildman–Crippen LogP) is 5.25. The lowest BCUT2D eigenvalue weighted by molar-refractivity contribution is -0.133. The standard InChI is InChI=1S/C25H31ClN2O3/c1-18-5-7-19(8-6-18)10-14-25(30)28-15-3-4-20(17-28)9-13-24(29)27-22-16-21(26)11-12-23(22)31-2/h5-8,11-12,16,20H,3-4,9-10,13-15,17H2,1-2H3,(H,27,29). The van der Waals surface area contributed by atoms with E-state index < -0.39 is 0 Å². The largest absolute Gasteiger partial charge is 0.495 e. The van der Waals surface area contributed by atoms with Crippen LogP contribution in [0.2, 0.25) is 5.02 Å². The number of anilines is 1. The van der Waals surface area contributed by atoms with E-state index in [1.807, 2.05) is 4.90 Å². The average molecular weight is 443 g/mol. The highest BCUT2D eigenvalue weighted by Crippen LogP contribution is 2.28. The van der Waals surface area contributed by atoms with Crippen LogP contribution < -0.4 is 10.1 Å². The fraction of sp³-hybridized carbons (Fsp3) is 0.440. The third kappa shape index (κ3) is 7.00. The molecule has 2 aromatic carbocycles. The van der Waals surface area contributed by atoms with Gasteiger partial charge in [0, 0.05) is 31.0 Å². The van der Waals surface area contributed by atoms with E-state index in [4.69, 9.17) is 16.3 Å². The van der Waals surface area contributed by atoms with E-state index in [0.717, 1.165) is 38.8 Å². The number of carbonyl (C=O) groups is 2. The summed E-state index contributed by atoms with van der Waals surface area (Å²) in [5, 5.41) is 3.43. The molecule has 3 rings (SSSR count). The summed E-state index contributed by atoms with van der Waals surface area (Å²) in [5.41, 5.74) is 3.00. The van der Waals surface area contributed by atoms with Crippen molar-refractivity contribution in [3.8, 4) is 5.75 Å². The Kier molecular flexibility index (Phi) is 8.35. The van der Waals surface area contributed by atoms with Gasteiger partial charge in [0.15, 0.2) is 0 Å². The fourth-order valence-electron chi connectivity index (χ4n) is 4.02.